The van der Waals surface area contributed by atoms with Crippen molar-refractivity contribution in [3.8, 4) is 0 Å². The fourth-order valence-electron chi connectivity index (χ4n) is 1.07. The Kier molecular flexibility index (Phi) is 4.48. The smallest absolute Gasteiger partial charge is 0.269 e. The molecule has 0 radical (unpaired) electrons. The van der Waals surface area contributed by atoms with E-state index in [1.54, 1.807) is 12.1 Å². The Morgan fingerprint density at radius 3 is 2.71 bits per heavy atom. The second kappa shape index (κ2) is 5.47. The van der Waals surface area contributed by atoms with Gasteiger partial charge in [-0.2, -0.15) is 0 Å². The van der Waals surface area contributed by atoms with E-state index in [2.05, 4.69) is 29.0 Å². The molecule has 1 amide bonds. The van der Waals surface area contributed by atoms with Crippen LogP contribution in [0, 0.1) is 0 Å². The van der Waals surface area contributed by atoms with Crippen molar-refractivity contribution in [3.05, 3.63) is 29.0 Å². The monoisotopic (exact) mass is 255 g/mol. The molecular formula is C12H18ClN3O. The molecule has 0 spiro atoms. The maximum absolute atomic E-state index is 11.8. The maximum atomic E-state index is 11.8. The molecule has 5 heteroatoms. The summed E-state index contributed by atoms with van der Waals surface area (Å²) >= 11 is 5.80. The summed E-state index contributed by atoms with van der Waals surface area (Å²) in [6.07, 6.45) is 1.52. The molecule has 1 aromatic rings. The van der Waals surface area contributed by atoms with Crippen molar-refractivity contribution in [2.24, 2.45) is 0 Å². The number of pyridine rings is 1. The third-order valence-corrected chi connectivity index (χ3v) is 3.08. The van der Waals surface area contributed by atoms with Crippen molar-refractivity contribution in [1.29, 1.82) is 0 Å². The Bertz CT molecular complexity index is 404. The van der Waals surface area contributed by atoms with E-state index in [0.717, 1.165) is 0 Å². The topological polar surface area (TPSA) is 45.2 Å². The maximum Gasteiger partial charge on any atom is 0.269 e. The van der Waals surface area contributed by atoms with Crippen LogP contribution in [0.5, 0.6) is 0 Å². The predicted molar refractivity (Wildman–Crippen MR) is 69.3 cm³/mol. The van der Waals surface area contributed by atoms with Crippen molar-refractivity contribution >= 4 is 17.5 Å². The average Bonchev–Trinajstić information content (AvgIpc) is 2.25. The van der Waals surface area contributed by atoms with Gasteiger partial charge in [-0.15, -0.1) is 0 Å². The van der Waals surface area contributed by atoms with Crippen molar-refractivity contribution in [3.63, 3.8) is 0 Å². The standard InChI is InChI=1S/C12H18ClN3O/c1-12(2,16(3)4)8-15-11(17)10-7-9(13)5-6-14-10/h5-7H,8H2,1-4H3,(H,15,17). The van der Waals surface area contributed by atoms with Crippen LogP contribution in [0.25, 0.3) is 0 Å². The second-order valence-corrected chi connectivity index (χ2v) is 5.19. The Labute approximate surface area is 107 Å². The van der Waals surface area contributed by atoms with Gasteiger partial charge in [0.2, 0.25) is 0 Å². The summed E-state index contributed by atoms with van der Waals surface area (Å²) in [6.45, 7) is 4.66. The van der Waals surface area contributed by atoms with Gasteiger partial charge in [-0.25, -0.2) is 0 Å². The van der Waals surface area contributed by atoms with E-state index >= 15 is 0 Å². The lowest BCUT2D eigenvalue weighted by molar-refractivity contribution is 0.0915. The third-order valence-electron chi connectivity index (χ3n) is 2.85. The fourth-order valence-corrected chi connectivity index (χ4v) is 1.23. The minimum absolute atomic E-state index is 0.103. The summed E-state index contributed by atoms with van der Waals surface area (Å²) in [6, 6.07) is 3.20. The summed E-state index contributed by atoms with van der Waals surface area (Å²) in [5.41, 5.74) is 0.237. The van der Waals surface area contributed by atoms with Gasteiger partial charge in [-0.1, -0.05) is 11.6 Å². The lowest BCUT2D eigenvalue weighted by Crippen LogP contribution is -2.48. The first-order chi connectivity index (χ1) is 7.83. The molecule has 94 valence electrons. The molecule has 17 heavy (non-hydrogen) atoms. The van der Waals surface area contributed by atoms with Crippen molar-refractivity contribution in [1.82, 2.24) is 15.2 Å². The molecule has 0 aliphatic carbocycles. The molecule has 0 bridgehead atoms. The van der Waals surface area contributed by atoms with Crippen LogP contribution in [0.4, 0.5) is 0 Å². The molecule has 1 N–H and O–H groups in total. The largest absolute Gasteiger partial charge is 0.349 e. The first-order valence-corrected chi connectivity index (χ1v) is 5.78. The van der Waals surface area contributed by atoms with Crippen LogP contribution in [-0.4, -0.2) is 42.0 Å². The molecule has 0 saturated heterocycles. The number of aromatic nitrogens is 1. The molecule has 0 saturated carbocycles. The molecule has 4 nitrogen and oxygen atoms in total. The van der Waals surface area contributed by atoms with E-state index in [4.69, 9.17) is 11.6 Å². The van der Waals surface area contributed by atoms with Gasteiger partial charge in [-0.3, -0.25) is 9.78 Å². The number of hydrogen-bond donors (Lipinski definition) is 1. The molecule has 0 aliphatic rings. The predicted octanol–water partition coefficient (Wildman–Crippen LogP) is 1.80. The van der Waals surface area contributed by atoms with Crippen LogP contribution in [0.1, 0.15) is 24.3 Å². The number of likely N-dealkylation sites (N-methyl/N-ethyl adjacent to an activating group) is 1. The highest BCUT2D eigenvalue weighted by Crippen LogP contribution is 2.10. The summed E-state index contributed by atoms with van der Waals surface area (Å²) in [5.74, 6) is -0.206. The number of carbonyl (C=O) groups is 1. The zero-order valence-electron chi connectivity index (χ0n) is 10.6. The van der Waals surface area contributed by atoms with Crippen molar-refractivity contribution in [2.75, 3.05) is 20.6 Å². The van der Waals surface area contributed by atoms with E-state index in [1.807, 2.05) is 14.1 Å². The Balaban J connectivity index is 2.62. The minimum atomic E-state index is -0.206. The first kappa shape index (κ1) is 13.9. The first-order valence-electron chi connectivity index (χ1n) is 5.40. The van der Waals surface area contributed by atoms with Gasteiger partial charge in [0.05, 0.1) is 0 Å². The Morgan fingerprint density at radius 2 is 2.18 bits per heavy atom. The highest BCUT2D eigenvalue weighted by Gasteiger charge is 2.21. The van der Waals surface area contributed by atoms with Crippen LogP contribution in [0.3, 0.4) is 0 Å². The van der Waals surface area contributed by atoms with Gasteiger partial charge in [0.25, 0.3) is 5.91 Å². The molecule has 0 aromatic carbocycles. The van der Waals surface area contributed by atoms with E-state index in [9.17, 15) is 4.79 Å². The lowest BCUT2D eigenvalue weighted by atomic mass is 10.0. The molecule has 1 aromatic heterocycles. The normalized spacial score (nSPS) is 11.6. The SMILES string of the molecule is CN(C)C(C)(C)CNC(=O)c1cc(Cl)ccn1. The number of carbonyl (C=O) groups excluding carboxylic acids is 1. The highest BCUT2D eigenvalue weighted by molar-refractivity contribution is 6.30. The van der Waals surface area contributed by atoms with Gasteiger partial charge >= 0.3 is 0 Å². The molecular weight excluding hydrogens is 238 g/mol. The molecule has 0 unspecified atom stereocenters. The summed E-state index contributed by atoms with van der Waals surface area (Å²) in [4.78, 5) is 17.8. The molecule has 0 atom stereocenters. The molecule has 0 aliphatic heterocycles. The number of amides is 1. The van der Waals surface area contributed by atoms with Gasteiger partial charge in [-0.05, 0) is 40.1 Å². The quantitative estimate of drug-likeness (QED) is 0.893. The summed E-state index contributed by atoms with van der Waals surface area (Å²) < 4.78 is 0. The number of nitrogens with zero attached hydrogens (tertiary/aromatic N) is 2. The fraction of sp³-hybridized carbons (Fsp3) is 0.500. The molecule has 1 rings (SSSR count). The molecule has 0 fully saturated rings. The van der Waals surface area contributed by atoms with Crippen LogP contribution < -0.4 is 5.32 Å². The van der Waals surface area contributed by atoms with Gasteiger partial charge in [0.15, 0.2) is 0 Å². The Morgan fingerprint density at radius 1 is 1.53 bits per heavy atom. The summed E-state index contributed by atoms with van der Waals surface area (Å²) in [7, 11) is 3.95. The second-order valence-electron chi connectivity index (χ2n) is 4.75. The van der Waals surface area contributed by atoms with Crippen LogP contribution in [0.15, 0.2) is 18.3 Å². The van der Waals surface area contributed by atoms with Crippen LogP contribution >= 0.6 is 11.6 Å². The van der Waals surface area contributed by atoms with Gasteiger partial charge in [0.1, 0.15) is 5.69 Å². The zero-order valence-corrected chi connectivity index (χ0v) is 11.4. The number of hydrogen-bond acceptors (Lipinski definition) is 3. The van der Waals surface area contributed by atoms with Gasteiger partial charge in [0, 0.05) is 23.3 Å². The van der Waals surface area contributed by atoms with E-state index in [1.165, 1.54) is 6.20 Å². The van der Waals surface area contributed by atoms with Gasteiger partial charge < -0.3 is 10.2 Å². The lowest BCUT2D eigenvalue weighted by Gasteiger charge is -2.32. The molecule has 1 heterocycles. The summed E-state index contributed by atoms with van der Waals surface area (Å²) in [5, 5.41) is 3.36. The van der Waals surface area contributed by atoms with Crippen molar-refractivity contribution < 1.29 is 4.79 Å². The van der Waals surface area contributed by atoms with Crippen LogP contribution in [0.2, 0.25) is 5.02 Å². The van der Waals surface area contributed by atoms with Crippen LogP contribution in [-0.2, 0) is 0 Å². The van der Waals surface area contributed by atoms with E-state index < -0.39 is 0 Å². The average molecular weight is 256 g/mol. The minimum Gasteiger partial charge on any atom is -0.349 e. The number of rotatable bonds is 4. The Hall–Kier alpha value is -1.13. The number of nitrogens with one attached hydrogen (secondary N) is 1. The highest BCUT2D eigenvalue weighted by atomic mass is 35.5. The zero-order chi connectivity index (χ0) is 13.1. The van der Waals surface area contributed by atoms with Crippen molar-refractivity contribution in [2.45, 2.75) is 19.4 Å². The number of halogens is 1. The third kappa shape index (κ3) is 3.98. The van der Waals surface area contributed by atoms with E-state index in [0.29, 0.717) is 17.3 Å². The van der Waals surface area contributed by atoms with E-state index in [-0.39, 0.29) is 11.4 Å².